The predicted molar refractivity (Wildman–Crippen MR) is 54.1 cm³/mol. The highest BCUT2D eigenvalue weighted by molar-refractivity contribution is 7.03. The van der Waals surface area contributed by atoms with Crippen LogP contribution in [-0.2, 0) is 0 Å². The van der Waals surface area contributed by atoms with Crippen molar-refractivity contribution in [3.63, 3.8) is 0 Å². The molecule has 1 aromatic heterocycles. The predicted octanol–water partition coefficient (Wildman–Crippen LogP) is 2.82. The lowest BCUT2D eigenvalue weighted by Crippen LogP contribution is -1.86. The van der Waals surface area contributed by atoms with Gasteiger partial charge in [0.2, 0.25) is 0 Å². The van der Waals surface area contributed by atoms with Crippen LogP contribution < -0.4 is 4.74 Å². The second-order valence-electron chi connectivity index (χ2n) is 2.58. The zero-order chi connectivity index (χ0) is 9.10. The molecule has 0 aliphatic rings. The molecule has 0 N–H and O–H groups in total. The molecular formula is C10H9NOS. The minimum absolute atomic E-state index is 0.869. The number of ether oxygens (including phenoxy) is 1. The van der Waals surface area contributed by atoms with Gasteiger partial charge >= 0.3 is 0 Å². The van der Waals surface area contributed by atoms with Gasteiger partial charge in [-0.3, -0.25) is 0 Å². The lowest BCUT2D eigenvalue weighted by Gasteiger charge is -2.04. The second-order valence-corrected chi connectivity index (χ2v) is 3.25. The molecule has 1 heterocycles. The van der Waals surface area contributed by atoms with E-state index in [-0.39, 0.29) is 0 Å². The zero-order valence-electron chi connectivity index (χ0n) is 7.23. The van der Waals surface area contributed by atoms with Crippen LogP contribution in [0, 0.1) is 0 Å². The molecular weight excluding hydrogens is 182 g/mol. The molecule has 0 amide bonds. The van der Waals surface area contributed by atoms with Crippen molar-refractivity contribution in [1.82, 2.24) is 4.37 Å². The van der Waals surface area contributed by atoms with Crippen molar-refractivity contribution in [1.29, 1.82) is 0 Å². The molecule has 0 radical (unpaired) electrons. The number of methoxy groups -OCH3 is 1. The van der Waals surface area contributed by atoms with Gasteiger partial charge in [-0.1, -0.05) is 12.1 Å². The number of benzene rings is 1. The van der Waals surface area contributed by atoms with Crippen molar-refractivity contribution in [3.05, 3.63) is 35.7 Å². The molecule has 0 fully saturated rings. The van der Waals surface area contributed by atoms with Crippen LogP contribution in [0.15, 0.2) is 35.7 Å². The Labute approximate surface area is 81.0 Å². The summed E-state index contributed by atoms with van der Waals surface area (Å²) in [4.78, 5) is 0. The normalized spacial score (nSPS) is 9.92. The Morgan fingerprint density at radius 3 is 2.77 bits per heavy atom. The maximum Gasteiger partial charge on any atom is 0.128 e. The largest absolute Gasteiger partial charge is 0.496 e. The fourth-order valence-electron chi connectivity index (χ4n) is 1.21. The van der Waals surface area contributed by atoms with Crippen LogP contribution >= 0.6 is 11.5 Å². The summed E-state index contributed by atoms with van der Waals surface area (Å²) in [6.45, 7) is 0. The fraction of sp³-hybridized carbons (Fsp3) is 0.100. The topological polar surface area (TPSA) is 22.1 Å². The van der Waals surface area contributed by atoms with Crippen molar-refractivity contribution in [3.8, 4) is 17.0 Å². The van der Waals surface area contributed by atoms with Crippen molar-refractivity contribution < 1.29 is 4.74 Å². The summed E-state index contributed by atoms with van der Waals surface area (Å²) in [5.74, 6) is 0.869. The fourth-order valence-corrected chi connectivity index (χ4v) is 1.73. The minimum Gasteiger partial charge on any atom is -0.496 e. The van der Waals surface area contributed by atoms with Gasteiger partial charge in [-0.2, -0.15) is 4.37 Å². The molecule has 2 rings (SSSR count). The molecule has 1 aromatic carbocycles. The molecule has 66 valence electrons. The number of aromatic nitrogens is 1. The molecule has 0 aliphatic heterocycles. The van der Waals surface area contributed by atoms with Crippen LogP contribution in [0.4, 0.5) is 0 Å². The van der Waals surface area contributed by atoms with Gasteiger partial charge in [-0.25, -0.2) is 0 Å². The maximum atomic E-state index is 5.23. The molecule has 0 unspecified atom stereocenters. The van der Waals surface area contributed by atoms with Crippen molar-refractivity contribution in [2.24, 2.45) is 0 Å². The van der Waals surface area contributed by atoms with E-state index in [1.165, 1.54) is 11.5 Å². The third kappa shape index (κ3) is 1.55. The van der Waals surface area contributed by atoms with E-state index in [0.717, 1.165) is 17.0 Å². The van der Waals surface area contributed by atoms with Crippen LogP contribution in [0.3, 0.4) is 0 Å². The molecule has 0 atom stereocenters. The smallest absolute Gasteiger partial charge is 0.128 e. The van der Waals surface area contributed by atoms with Gasteiger partial charge in [0.1, 0.15) is 5.75 Å². The monoisotopic (exact) mass is 191 g/mol. The Bertz CT molecular complexity index is 384. The van der Waals surface area contributed by atoms with Gasteiger partial charge in [-0.15, -0.1) is 0 Å². The van der Waals surface area contributed by atoms with E-state index in [9.17, 15) is 0 Å². The Morgan fingerprint density at radius 1 is 1.23 bits per heavy atom. The average molecular weight is 191 g/mol. The van der Waals surface area contributed by atoms with Gasteiger partial charge in [-0.05, 0) is 29.7 Å². The van der Waals surface area contributed by atoms with Gasteiger partial charge in [0.15, 0.2) is 0 Å². The van der Waals surface area contributed by atoms with Gasteiger partial charge in [0, 0.05) is 10.9 Å². The van der Waals surface area contributed by atoms with Crippen LogP contribution in [0.5, 0.6) is 5.75 Å². The summed E-state index contributed by atoms with van der Waals surface area (Å²) in [5, 5.41) is 1.96. The first-order valence-corrected chi connectivity index (χ1v) is 4.79. The first-order valence-electron chi connectivity index (χ1n) is 3.95. The summed E-state index contributed by atoms with van der Waals surface area (Å²) in [6.07, 6.45) is 0. The Kier molecular flexibility index (Phi) is 2.27. The summed E-state index contributed by atoms with van der Waals surface area (Å²) < 4.78 is 9.49. The van der Waals surface area contributed by atoms with E-state index in [4.69, 9.17) is 4.74 Å². The highest BCUT2D eigenvalue weighted by Gasteiger charge is 2.05. The van der Waals surface area contributed by atoms with Gasteiger partial charge in [0.25, 0.3) is 0 Å². The minimum atomic E-state index is 0.869. The molecule has 0 saturated carbocycles. The third-order valence-electron chi connectivity index (χ3n) is 1.82. The number of hydrogen-bond acceptors (Lipinski definition) is 3. The lowest BCUT2D eigenvalue weighted by atomic mass is 10.1. The molecule has 2 aromatic rings. The summed E-state index contributed by atoms with van der Waals surface area (Å²) in [7, 11) is 1.67. The van der Waals surface area contributed by atoms with Crippen molar-refractivity contribution in [2.45, 2.75) is 0 Å². The lowest BCUT2D eigenvalue weighted by molar-refractivity contribution is 0.416. The SMILES string of the molecule is COc1ccccc1-c1ccsn1. The van der Waals surface area contributed by atoms with Gasteiger partial charge < -0.3 is 4.74 Å². The van der Waals surface area contributed by atoms with Crippen LogP contribution in [0.1, 0.15) is 0 Å². The Balaban J connectivity index is 2.51. The molecule has 0 aliphatic carbocycles. The first kappa shape index (κ1) is 8.26. The number of nitrogens with zero attached hydrogens (tertiary/aromatic N) is 1. The highest BCUT2D eigenvalue weighted by atomic mass is 32.1. The summed E-state index contributed by atoms with van der Waals surface area (Å²) >= 11 is 1.45. The molecule has 0 spiro atoms. The molecule has 13 heavy (non-hydrogen) atoms. The van der Waals surface area contributed by atoms with Crippen molar-refractivity contribution in [2.75, 3.05) is 7.11 Å². The highest BCUT2D eigenvalue weighted by Crippen LogP contribution is 2.28. The average Bonchev–Trinajstić information content (AvgIpc) is 2.70. The molecule has 2 nitrogen and oxygen atoms in total. The number of para-hydroxylation sites is 1. The van der Waals surface area contributed by atoms with Crippen LogP contribution in [0.2, 0.25) is 0 Å². The summed E-state index contributed by atoms with van der Waals surface area (Å²) in [5.41, 5.74) is 2.02. The Morgan fingerprint density at radius 2 is 2.08 bits per heavy atom. The quantitative estimate of drug-likeness (QED) is 0.728. The number of hydrogen-bond donors (Lipinski definition) is 0. The summed E-state index contributed by atoms with van der Waals surface area (Å²) in [6, 6.07) is 9.87. The zero-order valence-corrected chi connectivity index (χ0v) is 8.04. The van der Waals surface area contributed by atoms with Gasteiger partial charge in [0.05, 0.1) is 12.8 Å². The second kappa shape index (κ2) is 3.58. The molecule has 0 bridgehead atoms. The number of rotatable bonds is 2. The molecule has 0 saturated heterocycles. The van der Waals surface area contributed by atoms with E-state index in [1.807, 2.05) is 35.7 Å². The Hall–Kier alpha value is -1.35. The van der Waals surface area contributed by atoms with E-state index in [0.29, 0.717) is 0 Å². The third-order valence-corrected chi connectivity index (χ3v) is 2.38. The maximum absolute atomic E-state index is 5.23. The standard InChI is InChI=1S/C10H9NOS/c1-12-10-5-3-2-4-8(10)9-6-7-13-11-9/h2-7H,1H3. The van der Waals surface area contributed by atoms with E-state index < -0.39 is 0 Å². The van der Waals surface area contributed by atoms with Crippen LogP contribution in [0.25, 0.3) is 11.3 Å². The first-order chi connectivity index (χ1) is 6.42. The van der Waals surface area contributed by atoms with Crippen molar-refractivity contribution >= 4 is 11.5 Å². The molecule has 3 heteroatoms. The van der Waals surface area contributed by atoms with E-state index >= 15 is 0 Å². The van der Waals surface area contributed by atoms with E-state index in [2.05, 4.69) is 4.37 Å². The van der Waals surface area contributed by atoms with E-state index in [1.54, 1.807) is 7.11 Å². The van der Waals surface area contributed by atoms with Crippen LogP contribution in [-0.4, -0.2) is 11.5 Å².